The van der Waals surface area contributed by atoms with Crippen LogP contribution in [0.4, 0.5) is 5.82 Å². The van der Waals surface area contributed by atoms with Gasteiger partial charge in [0, 0.05) is 11.5 Å². The lowest BCUT2D eigenvalue weighted by Gasteiger charge is -2.04. The van der Waals surface area contributed by atoms with Crippen LogP contribution in [0.3, 0.4) is 0 Å². The van der Waals surface area contributed by atoms with Crippen molar-refractivity contribution in [3.05, 3.63) is 42.2 Å². The van der Waals surface area contributed by atoms with E-state index in [-0.39, 0.29) is 29.5 Å². The van der Waals surface area contributed by atoms with Crippen molar-refractivity contribution in [1.29, 1.82) is 0 Å². The molecule has 0 amide bonds. The van der Waals surface area contributed by atoms with Gasteiger partial charge in [-0.2, -0.15) is 0 Å². The number of ether oxygens (including phenoxy) is 1. The van der Waals surface area contributed by atoms with Crippen molar-refractivity contribution >= 4 is 11.8 Å². The first-order valence-corrected chi connectivity index (χ1v) is 8.35. The summed E-state index contributed by atoms with van der Waals surface area (Å²) in [5.74, 6) is 0.375. The Hall–Kier alpha value is -3.29. The zero-order valence-corrected chi connectivity index (χ0v) is 14.1. The summed E-state index contributed by atoms with van der Waals surface area (Å²) in [6, 6.07) is 9.42. The zero-order chi connectivity index (χ0) is 18.1. The molecule has 3 aromatic rings. The number of rotatable bonds is 5. The molecule has 2 unspecified atom stereocenters. The Morgan fingerprint density at radius 3 is 2.81 bits per heavy atom. The summed E-state index contributed by atoms with van der Waals surface area (Å²) in [5.41, 5.74) is 7.74. The van der Waals surface area contributed by atoms with Crippen molar-refractivity contribution in [3.63, 3.8) is 0 Å². The van der Waals surface area contributed by atoms with Crippen molar-refractivity contribution in [1.82, 2.24) is 20.2 Å². The van der Waals surface area contributed by atoms with E-state index in [0.29, 0.717) is 30.3 Å². The predicted octanol–water partition coefficient (Wildman–Crippen LogP) is 2.44. The first-order valence-electron chi connectivity index (χ1n) is 8.35. The molecule has 1 fully saturated rings. The number of esters is 1. The highest BCUT2D eigenvalue weighted by atomic mass is 16.5. The molecule has 132 valence electrons. The van der Waals surface area contributed by atoms with Crippen molar-refractivity contribution in [2.24, 2.45) is 5.92 Å². The number of carbonyl (C=O) groups is 1. The van der Waals surface area contributed by atoms with Crippen LogP contribution in [0.1, 0.15) is 25.0 Å². The van der Waals surface area contributed by atoms with Gasteiger partial charge < -0.3 is 14.9 Å². The normalized spacial score (nSPS) is 18.5. The summed E-state index contributed by atoms with van der Waals surface area (Å²) >= 11 is 0. The van der Waals surface area contributed by atoms with E-state index in [1.165, 1.54) is 0 Å². The first kappa shape index (κ1) is 16.2. The number of nitrogens with two attached hydrogens (primary N) is 1. The number of anilines is 1. The van der Waals surface area contributed by atoms with E-state index in [4.69, 9.17) is 14.9 Å². The topological polar surface area (TPSA) is 117 Å². The molecular formula is C18H17N5O3. The van der Waals surface area contributed by atoms with Crippen LogP contribution < -0.4 is 5.73 Å². The predicted molar refractivity (Wildman–Crippen MR) is 92.7 cm³/mol. The molecule has 0 aliphatic heterocycles. The molecule has 0 bridgehead atoms. The second-order valence-corrected chi connectivity index (χ2v) is 6.01. The third kappa shape index (κ3) is 3.01. The second-order valence-electron chi connectivity index (χ2n) is 6.01. The van der Waals surface area contributed by atoms with Crippen molar-refractivity contribution in [2.75, 3.05) is 12.3 Å². The number of aromatic nitrogens is 4. The lowest BCUT2D eigenvalue weighted by Crippen LogP contribution is -2.08. The number of benzene rings is 1. The van der Waals surface area contributed by atoms with Crippen LogP contribution in [-0.2, 0) is 9.53 Å². The Morgan fingerprint density at radius 2 is 2.04 bits per heavy atom. The Balaban J connectivity index is 1.60. The minimum Gasteiger partial charge on any atom is -0.466 e. The summed E-state index contributed by atoms with van der Waals surface area (Å²) in [6.45, 7) is 2.15. The summed E-state index contributed by atoms with van der Waals surface area (Å²) in [5, 5.41) is 8.08. The maximum atomic E-state index is 11.8. The zero-order valence-electron chi connectivity index (χ0n) is 14.1. The summed E-state index contributed by atoms with van der Waals surface area (Å²) in [6.07, 6.45) is 2.27. The fourth-order valence-corrected chi connectivity index (χ4v) is 2.80. The molecule has 4 rings (SSSR count). The van der Waals surface area contributed by atoms with Crippen LogP contribution in [-0.4, -0.2) is 32.7 Å². The van der Waals surface area contributed by atoms with Gasteiger partial charge in [0.1, 0.15) is 0 Å². The van der Waals surface area contributed by atoms with E-state index in [1.807, 2.05) is 30.3 Å². The van der Waals surface area contributed by atoms with Crippen molar-refractivity contribution in [3.8, 4) is 23.0 Å². The highest BCUT2D eigenvalue weighted by Crippen LogP contribution is 2.47. The van der Waals surface area contributed by atoms with Gasteiger partial charge in [-0.3, -0.25) is 4.79 Å². The lowest BCUT2D eigenvalue weighted by atomic mass is 10.2. The third-order valence-corrected chi connectivity index (χ3v) is 4.23. The minimum absolute atomic E-state index is 0.0163. The van der Waals surface area contributed by atoms with Crippen LogP contribution in [0.2, 0.25) is 0 Å². The van der Waals surface area contributed by atoms with Crippen LogP contribution in [0.25, 0.3) is 23.0 Å². The Bertz CT molecular complexity index is 941. The Morgan fingerprint density at radius 1 is 1.27 bits per heavy atom. The SMILES string of the molecule is CCOC(=O)C1CC1c1cnc(N)c(-c2nnc(-c3ccccc3)o2)n1. The molecule has 0 saturated heterocycles. The molecule has 0 radical (unpaired) electrons. The third-order valence-electron chi connectivity index (χ3n) is 4.23. The number of hydrogen-bond acceptors (Lipinski definition) is 8. The van der Waals surface area contributed by atoms with E-state index in [2.05, 4.69) is 20.2 Å². The highest BCUT2D eigenvalue weighted by molar-refractivity contribution is 5.77. The van der Waals surface area contributed by atoms with Gasteiger partial charge >= 0.3 is 5.97 Å². The lowest BCUT2D eigenvalue weighted by molar-refractivity contribution is -0.144. The standard InChI is InChI=1S/C18H17N5O3/c1-2-25-18(24)12-8-11(12)13-9-20-15(19)14(21-13)17-23-22-16(26-17)10-6-4-3-5-7-10/h3-7,9,11-12H,2,8H2,1H3,(H2,19,20). The Labute approximate surface area is 149 Å². The van der Waals surface area contributed by atoms with Gasteiger partial charge in [-0.1, -0.05) is 18.2 Å². The van der Waals surface area contributed by atoms with E-state index < -0.39 is 0 Å². The fraction of sp³-hybridized carbons (Fsp3) is 0.278. The van der Waals surface area contributed by atoms with Gasteiger partial charge in [-0.05, 0) is 25.5 Å². The van der Waals surface area contributed by atoms with Gasteiger partial charge in [-0.25, -0.2) is 9.97 Å². The van der Waals surface area contributed by atoms with Gasteiger partial charge in [0.15, 0.2) is 11.5 Å². The van der Waals surface area contributed by atoms with Gasteiger partial charge in [0.25, 0.3) is 5.89 Å². The monoisotopic (exact) mass is 351 g/mol. The molecular weight excluding hydrogens is 334 g/mol. The average molecular weight is 351 g/mol. The molecule has 2 aromatic heterocycles. The molecule has 8 nitrogen and oxygen atoms in total. The molecule has 1 aliphatic rings. The van der Waals surface area contributed by atoms with Crippen LogP contribution in [0.5, 0.6) is 0 Å². The van der Waals surface area contributed by atoms with Crippen LogP contribution in [0, 0.1) is 5.92 Å². The number of carbonyl (C=O) groups excluding carboxylic acids is 1. The quantitative estimate of drug-likeness (QED) is 0.697. The molecule has 26 heavy (non-hydrogen) atoms. The van der Waals surface area contributed by atoms with Gasteiger partial charge in [0.05, 0.1) is 24.4 Å². The molecule has 2 atom stereocenters. The fourth-order valence-electron chi connectivity index (χ4n) is 2.80. The van der Waals surface area contributed by atoms with Gasteiger partial charge in [-0.15, -0.1) is 10.2 Å². The maximum Gasteiger partial charge on any atom is 0.309 e. The van der Waals surface area contributed by atoms with Crippen LogP contribution in [0.15, 0.2) is 40.9 Å². The number of hydrogen-bond donors (Lipinski definition) is 1. The molecule has 1 saturated carbocycles. The Kier molecular flexibility index (Phi) is 4.08. The maximum absolute atomic E-state index is 11.8. The van der Waals surface area contributed by atoms with E-state index in [9.17, 15) is 4.79 Å². The van der Waals surface area contributed by atoms with Crippen molar-refractivity contribution in [2.45, 2.75) is 19.3 Å². The first-order chi connectivity index (χ1) is 12.7. The second kappa shape index (κ2) is 6.55. The summed E-state index contributed by atoms with van der Waals surface area (Å²) < 4.78 is 10.8. The van der Waals surface area contributed by atoms with E-state index in [1.54, 1.807) is 13.1 Å². The van der Waals surface area contributed by atoms with E-state index >= 15 is 0 Å². The number of nitrogen functional groups attached to an aromatic ring is 1. The molecule has 1 aromatic carbocycles. The molecule has 1 aliphatic carbocycles. The molecule has 8 heteroatoms. The van der Waals surface area contributed by atoms with Crippen LogP contribution >= 0.6 is 0 Å². The summed E-state index contributed by atoms with van der Waals surface area (Å²) in [4.78, 5) is 20.5. The summed E-state index contributed by atoms with van der Waals surface area (Å²) in [7, 11) is 0. The van der Waals surface area contributed by atoms with Crippen molar-refractivity contribution < 1.29 is 13.9 Å². The highest BCUT2D eigenvalue weighted by Gasteiger charge is 2.46. The molecule has 2 N–H and O–H groups in total. The molecule has 2 heterocycles. The van der Waals surface area contributed by atoms with Gasteiger partial charge in [0.2, 0.25) is 5.89 Å². The van der Waals surface area contributed by atoms with E-state index in [0.717, 1.165) is 5.56 Å². The number of nitrogens with zero attached hydrogens (tertiary/aromatic N) is 4. The molecule has 0 spiro atoms. The minimum atomic E-state index is -0.207. The average Bonchev–Trinajstić information content (AvgIpc) is 3.32. The largest absolute Gasteiger partial charge is 0.466 e. The smallest absolute Gasteiger partial charge is 0.309 e.